The zero-order valence-corrected chi connectivity index (χ0v) is 12.3. The quantitative estimate of drug-likeness (QED) is 0.772. The molecule has 1 unspecified atom stereocenters. The number of thiazole rings is 1. The first kappa shape index (κ1) is 13.4. The molecule has 1 aromatic rings. The molecule has 0 aromatic carbocycles. The highest BCUT2D eigenvalue weighted by molar-refractivity contribution is 7.09. The molecule has 0 fully saturated rings. The lowest BCUT2D eigenvalue weighted by Gasteiger charge is -2.37. The van der Waals surface area contributed by atoms with Crippen molar-refractivity contribution in [1.82, 2.24) is 4.98 Å². The monoisotopic (exact) mass is 254 g/mol. The van der Waals surface area contributed by atoms with Gasteiger partial charge in [0.05, 0.1) is 0 Å². The minimum Gasteiger partial charge on any atom is -0.396 e. The van der Waals surface area contributed by atoms with Gasteiger partial charge in [-0.1, -0.05) is 20.8 Å². The van der Waals surface area contributed by atoms with Gasteiger partial charge in [-0.15, -0.1) is 11.3 Å². The smallest absolute Gasteiger partial charge is 0.194 e. The van der Waals surface area contributed by atoms with Crippen molar-refractivity contribution < 1.29 is 4.43 Å². The molecule has 0 aliphatic rings. The first-order valence-electron chi connectivity index (χ1n) is 5.25. The van der Waals surface area contributed by atoms with Gasteiger partial charge in [-0.2, -0.15) is 5.26 Å². The maximum atomic E-state index is 9.14. The number of rotatable bonds is 3. The van der Waals surface area contributed by atoms with Crippen molar-refractivity contribution in [2.75, 3.05) is 0 Å². The second-order valence-electron chi connectivity index (χ2n) is 5.26. The number of hydrogen-bond acceptors (Lipinski definition) is 4. The third-order valence-corrected chi connectivity index (χ3v) is 8.27. The van der Waals surface area contributed by atoms with Gasteiger partial charge in [0.15, 0.2) is 14.4 Å². The average molecular weight is 254 g/mol. The summed E-state index contributed by atoms with van der Waals surface area (Å²) in [5.41, 5.74) is 0. The van der Waals surface area contributed by atoms with Gasteiger partial charge in [-0.3, -0.25) is 0 Å². The van der Waals surface area contributed by atoms with Crippen LogP contribution in [0.4, 0.5) is 0 Å². The first-order valence-corrected chi connectivity index (χ1v) is 9.03. The van der Waals surface area contributed by atoms with E-state index < -0.39 is 14.4 Å². The molecule has 0 spiro atoms. The molecule has 0 amide bonds. The van der Waals surface area contributed by atoms with E-state index in [4.69, 9.17) is 9.69 Å². The van der Waals surface area contributed by atoms with Crippen molar-refractivity contribution in [2.24, 2.45) is 0 Å². The van der Waals surface area contributed by atoms with Crippen LogP contribution in [0.2, 0.25) is 18.1 Å². The summed E-state index contributed by atoms with van der Waals surface area (Å²) in [7, 11) is -1.90. The summed E-state index contributed by atoms with van der Waals surface area (Å²) in [6.45, 7) is 10.8. The lowest BCUT2D eigenvalue weighted by molar-refractivity contribution is 0.235. The Kier molecular flexibility index (Phi) is 3.89. The number of hydrogen-bond donors (Lipinski definition) is 0. The maximum Gasteiger partial charge on any atom is 0.194 e. The standard InChI is InChI=1S/C11H18N2OSSi/c1-11(2,3)16(4,5)14-9(8-12)10-13-6-7-15-10/h6-7,9H,1-5H3. The second kappa shape index (κ2) is 4.66. The van der Waals surface area contributed by atoms with E-state index in [-0.39, 0.29) is 5.04 Å². The Hall–Kier alpha value is -0.703. The second-order valence-corrected chi connectivity index (χ2v) is 10.9. The van der Waals surface area contributed by atoms with Gasteiger partial charge < -0.3 is 4.43 Å². The molecular formula is C11H18N2OSSi. The fraction of sp³-hybridized carbons (Fsp3) is 0.636. The lowest BCUT2D eigenvalue weighted by atomic mass is 10.2. The van der Waals surface area contributed by atoms with Crippen LogP contribution in [0.25, 0.3) is 0 Å². The summed E-state index contributed by atoms with van der Waals surface area (Å²) in [6.07, 6.45) is 1.19. The molecule has 1 aromatic heterocycles. The molecule has 0 saturated heterocycles. The van der Waals surface area contributed by atoms with E-state index in [0.29, 0.717) is 0 Å². The molecule has 0 N–H and O–H groups in total. The molecular weight excluding hydrogens is 236 g/mol. The summed E-state index contributed by atoms with van der Waals surface area (Å²) >= 11 is 1.47. The van der Waals surface area contributed by atoms with Gasteiger partial charge in [0.25, 0.3) is 0 Å². The number of aromatic nitrogens is 1. The Balaban J connectivity index is 2.84. The van der Waals surface area contributed by atoms with E-state index >= 15 is 0 Å². The van der Waals surface area contributed by atoms with Crippen LogP contribution in [0.3, 0.4) is 0 Å². The van der Waals surface area contributed by atoms with Gasteiger partial charge in [-0.05, 0) is 18.1 Å². The normalized spacial score (nSPS) is 14.5. The predicted molar refractivity (Wildman–Crippen MR) is 68.8 cm³/mol. The molecule has 0 bridgehead atoms. The van der Waals surface area contributed by atoms with Crippen LogP contribution < -0.4 is 0 Å². The first-order chi connectivity index (χ1) is 7.28. The topological polar surface area (TPSA) is 45.9 Å². The molecule has 1 atom stereocenters. The maximum absolute atomic E-state index is 9.14. The fourth-order valence-corrected chi connectivity index (χ4v) is 2.77. The van der Waals surface area contributed by atoms with Crippen LogP contribution >= 0.6 is 11.3 Å². The predicted octanol–water partition coefficient (Wildman–Crippen LogP) is 3.73. The van der Waals surface area contributed by atoms with Crippen LogP contribution in [0, 0.1) is 11.3 Å². The Labute approximate surface area is 102 Å². The largest absolute Gasteiger partial charge is 0.396 e. The third-order valence-electron chi connectivity index (χ3n) is 3.01. The summed E-state index contributed by atoms with van der Waals surface area (Å²) in [6, 6.07) is 2.19. The zero-order chi connectivity index (χ0) is 12.4. The Morgan fingerprint density at radius 1 is 1.50 bits per heavy atom. The molecule has 1 rings (SSSR count). The Morgan fingerprint density at radius 3 is 2.50 bits per heavy atom. The van der Waals surface area contributed by atoms with Gasteiger partial charge in [0, 0.05) is 11.6 Å². The van der Waals surface area contributed by atoms with Gasteiger partial charge >= 0.3 is 0 Å². The van der Waals surface area contributed by atoms with Crippen LogP contribution in [0.5, 0.6) is 0 Å². The van der Waals surface area contributed by atoms with Crippen LogP contribution in [-0.4, -0.2) is 13.3 Å². The summed E-state index contributed by atoms with van der Waals surface area (Å²) < 4.78 is 6.02. The minimum atomic E-state index is -1.90. The van der Waals surface area contributed by atoms with Crippen molar-refractivity contribution >= 4 is 19.7 Å². The minimum absolute atomic E-state index is 0.110. The van der Waals surface area contributed by atoms with E-state index in [1.807, 2.05) is 5.38 Å². The molecule has 5 heteroatoms. The fourth-order valence-electron chi connectivity index (χ4n) is 0.967. The van der Waals surface area contributed by atoms with Crippen molar-refractivity contribution in [3.63, 3.8) is 0 Å². The molecule has 3 nitrogen and oxygen atoms in total. The van der Waals surface area contributed by atoms with E-state index in [1.165, 1.54) is 11.3 Å². The average Bonchev–Trinajstić information content (AvgIpc) is 2.65. The van der Waals surface area contributed by atoms with Crippen molar-refractivity contribution in [3.05, 3.63) is 16.6 Å². The van der Waals surface area contributed by atoms with Crippen LogP contribution in [-0.2, 0) is 4.43 Å². The summed E-state index contributed by atoms with van der Waals surface area (Å²) in [5.74, 6) is 0. The molecule has 1 heterocycles. The molecule has 88 valence electrons. The SMILES string of the molecule is CC(C)(C)[Si](C)(C)OC(C#N)c1nccs1. The van der Waals surface area contributed by atoms with Crippen molar-refractivity contribution in [1.29, 1.82) is 5.26 Å². The highest BCUT2D eigenvalue weighted by Crippen LogP contribution is 2.39. The van der Waals surface area contributed by atoms with E-state index in [9.17, 15) is 0 Å². The summed E-state index contributed by atoms with van der Waals surface area (Å²) in [5, 5.41) is 11.9. The number of nitriles is 1. The molecule has 16 heavy (non-hydrogen) atoms. The van der Waals surface area contributed by atoms with Gasteiger partial charge in [-0.25, -0.2) is 4.98 Å². The van der Waals surface area contributed by atoms with Crippen LogP contribution in [0.1, 0.15) is 31.9 Å². The van der Waals surface area contributed by atoms with Gasteiger partial charge in [0.2, 0.25) is 0 Å². The highest BCUT2D eigenvalue weighted by Gasteiger charge is 2.40. The molecule has 0 aliphatic heterocycles. The Bertz CT molecular complexity index is 376. The van der Waals surface area contributed by atoms with E-state index in [2.05, 4.69) is 44.9 Å². The summed E-state index contributed by atoms with van der Waals surface area (Å²) in [4.78, 5) is 4.15. The Morgan fingerprint density at radius 2 is 2.12 bits per heavy atom. The molecule has 0 radical (unpaired) electrons. The van der Waals surface area contributed by atoms with Crippen molar-refractivity contribution in [3.8, 4) is 6.07 Å². The van der Waals surface area contributed by atoms with Crippen molar-refractivity contribution in [2.45, 2.75) is 45.0 Å². The van der Waals surface area contributed by atoms with E-state index in [0.717, 1.165) is 5.01 Å². The zero-order valence-electron chi connectivity index (χ0n) is 10.4. The van der Waals surface area contributed by atoms with Gasteiger partial charge in [0.1, 0.15) is 11.1 Å². The third kappa shape index (κ3) is 2.91. The molecule has 0 saturated carbocycles. The van der Waals surface area contributed by atoms with E-state index in [1.54, 1.807) is 6.20 Å². The highest BCUT2D eigenvalue weighted by atomic mass is 32.1. The number of nitrogens with zero attached hydrogens (tertiary/aromatic N) is 2. The van der Waals surface area contributed by atoms with Crippen LogP contribution in [0.15, 0.2) is 11.6 Å². The molecule has 0 aliphatic carbocycles. The lowest BCUT2D eigenvalue weighted by Crippen LogP contribution is -2.41.